The maximum Gasteiger partial charge on any atom is 0.315 e. The fraction of sp³-hybridized carbons (Fsp3) is 0.0714. The van der Waals surface area contributed by atoms with E-state index in [9.17, 15) is 25.1 Å². The third-order valence-electron chi connectivity index (χ3n) is 3.23. The molecule has 0 amide bonds. The van der Waals surface area contributed by atoms with Crippen LogP contribution < -0.4 is 5.56 Å². The maximum atomic E-state index is 11.6. The van der Waals surface area contributed by atoms with Gasteiger partial charge in [0.15, 0.2) is 11.6 Å². The largest absolute Gasteiger partial charge is 0.504 e. The van der Waals surface area contributed by atoms with Gasteiger partial charge in [0.2, 0.25) is 5.75 Å². The standard InChI is InChI=1S/C14H10N4O6/c19-10-5-8(4-9(12(10)20)18(22)23)14-16-11(17-24-14)6-7-2-1-3-15-13(7)21/h1-5,19-20H,6H2,(H,15,21). The molecule has 10 nitrogen and oxygen atoms in total. The van der Waals surface area contributed by atoms with E-state index in [1.807, 2.05) is 0 Å². The van der Waals surface area contributed by atoms with E-state index in [2.05, 4.69) is 15.1 Å². The number of aromatic amines is 1. The maximum absolute atomic E-state index is 11.6. The van der Waals surface area contributed by atoms with Crippen LogP contribution in [0.15, 0.2) is 39.8 Å². The van der Waals surface area contributed by atoms with Crippen molar-refractivity contribution in [3.8, 4) is 23.0 Å². The zero-order valence-corrected chi connectivity index (χ0v) is 12.0. The van der Waals surface area contributed by atoms with Gasteiger partial charge in [0.05, 0.1) is 10.5 Å². The van der Waals surface area contributed by atoms with Crippen LogP contribution in [0, 0.1) is 10.1 Å². The van der Waals surface area contributed by atoms with Crippen molar-refractivity contribution in [2.75, 3.05) is 0 Å². The van der Waals surface area contributed by atoms with Gasteiger partial charge in [-0.3, -0.25) is 14.9 Å². The number of nitrogens with one attached hydrogen (secondary N) is 1. The average molecular weight is 330 g/mol. The van der Waals surface area contributed by atoms with Crippen molar-refractivity contribution in [1.82, 2.24) is 15.1 Å². The van der Waals surface area contributed by atoms with Crippen molar-refractivity contribution in [2.45, 2.75) is 6.42 Å². The predicted octanol–water partition coefficient (Wildman–Crippen LogP) is 1.34. The second kappa shape index (κ2) is 5.83. The van der Waals surface area contributed by atoms with Gasteiger partial charge in [-0.2, -0.15) is 4.98 Å². The number of hydrogen-bond donors (Lipinski definition) is 3. The summed E-state index contributed by atoms with van der Waals surface area (Å²) in [5.74, 6) is -1.43. The van der Waals surface area contributed by atoms with Crippen molar-refractivity contribution in [1.29, 1.82) is 0 Å². The van der Waals surface area contributed by atoms with Crippen LogP contribution >= 0.6 is 0 Å². The molecule has 2 aromatic heterocycles. The fourth-order valence-corrected chi connectivity index (χ4v) is 2.08. The molecule has 10 heteroatoms. The fourth-order valence-electron chi connectivity index (χ4n) is 2.08. The number of phenols is 2. The van der Waals surface area contributed by atoms with Crippen molar-refractivity contribution in [2.24, 2.45) is 0 Å². The molecule has 3 rings (SSSR count). The molecule has 2 heterocycles. The summed E-state index contributed by atoms with van der Waals surface area (Å²) >= 11 is 0. The lowest BCUT2D eigenvalue weighted by Crippen LogP contribution is -2.11. The monoisotopic (exact) mass is 330 g/mol. The Hall–Kier alpha value is -3.69. The summed E-state index contributed by atoms with van der Waals surface area (Å²) in [5.41, 5.74) is -0.492. The van der Waals surface area contributed by atoms with E-state index in [1.54, 1.807) is 12.1 Å². The van der Waals surface area contributed by atoms with Crippen LogP contribution in [0.3, 0.4) is 0 Å². The van der Waals surface area contributed by atoms with Crippen LogP contribution in [0.2, 0.25) is 0 Å². The summed E-state index contributed by atoms with van der Waals surface area (Å²) in [7, 11) is 0. The van der Waals surface area contributed by atoms with E-state index in [0.717, 1.165) is 12.1 Å². The van der Waals surface area contributed by atoms with E-state index in [4.69, 9.17) is 4.52 Å². The van der Waals surface area contributed by atoms with E-state index >= 15 is 0 Å². The number of pyridine rings is 1. The van der Waals surface area contributed by atoms with Crippen LogP contribution in [0.1, 0.15) is 11.4 Å². The number of aromatic nitrogens is 3. The molecule has 24 heavy (non-hydrogen) atoms. The van der Waals surface area contributed by atoms with E-state index in [1.165, 1.54) is 6.20 Å². The predicted molar refractivity (Wildman–Crippen MR) is 79.6 cm³/mol. The lowest BCUT2D eigenvalue weighted by Gasteiger charge is -2.01. The smallest absolute Gasteiger partial charge is 0.315 e. The van der Waals surface area contributed by atoms with Gasteiger partial charge in [0, 0.05) is 24.2 Å². The zero-order chi connectivity index (χ0) is 17.3. The molecule has 0 atom stereocenters. The minimum Gasteiger partial charge on any atom is -0.504 e. The summed E-state index contributed by atoms with van der Waals surface area (Å²) in [6.07, 6.45) is 1.59. The average Bonchev–Trinajstić information content (AvgIpc) is 3.00. The Morgan fingerprint density at radius 3 is 2.83 bits per heavy atom. The summed E-state index contributed by atoms with van der Waals surface area (Å²) in [6.45, 7) is 0. The molecule has 0 aliphatic carbocycles. The van der Waals surface area contributed by atoms with Crippen molar-refractivity contribution >= 4 is 5.69 Å². The lowest BCUT2D eigenvalue weighted by atomic mass is 10.1. The third-order valence-corrected chi connectivity index (χ3v) is 3.23. The Balaban J connectivity index is 1.95. The zero-order valence-electron chi connectivity index (χ0n) is 12.0. The Bertz CT molecular complexity index is 977. The summed E-state index contributed by atoms with van der Waals surface area (Å²) in [6, 6.07) is 5.32. The number of H-pyrrole nitrogens is 1. The van der Waals surface area contributed by atoms with E-state index < -0.39 is 22.1 Å². The van der Waals surface area contributed by atoms with Gasteiger partial charge in [-0.15, -0.1) is 0 Å². The lowest BCUT2D eigenvalue weighted by molar-refractivity contribution is -0.385. The third kappa shape index (κ3) is 2.79. The molecule has 0 fully saturated rings. The number of rotatable bonds is 4. The molecule has 3 N–H and O–H groups in total. The van der Waals surface area contributed by atoms with Gasteiger partial charge in [-0.25, -0.2) is 0 Å². The van der Waals surface area contributed by atoms with E-state index in [0.29, 0.717) is 5.56 Å². The van der Waals surface area contributed by atoms with Gasteiger partial charge in [-0.05, 0) is 12.1 Å². The second-order valence-electron chi connectivity index (χ2n) is 4.84. The molecule has 0 aliphatic heterocycles. The first-order valence-electron chi connectivity index (χ1n) is 6.65. The Kier molecular flexibility index (Phi) is 3.70. The molecular weight excluding hydrogens is 320 g/mol. The number of phenolic OH excluding ortho intramolecular Hbond substituents is 2. The van der Waals surface area contributed by atoms with Gasteiger partial charge < -0.3 is 19.7 Å². The number of hydrogen-bond acceptors (Lipinski definition) is 8. The summed E-state index contributed by atoms with van der Waals surface area (Å²) in [4.78, 5) is 28.2. The summed E-state index contributed by atoms with van der Waals surface area (Å²) in [5, 5.41) is 33.6. The minimum atomic E-state index is -0.848. The molecule has 0 unspecified atom stereocenters. The van der Waals surface area contributed by atoms with Crippen molar-refractivity contribution < 1.29 is 19.7 Å². The van der Waals surface area contributed by atoms with Gasteiger partial charge >= 0.3 is 5.69 Å². The normalized spacial score (nSPS) is 10.7. The number of nitro benzene ring substituents is 1. The Morgan fingerprint density at radius 1 is 1.33 bits per heavy atom. The molecule has 3 aromatic rings. The highest BCUT2D eigenvalue weighted by molar-refractivity contribution is 5.67. The van der Waals surface area contributed by atoms with Gasteiger partial charge in [-0.1, -0.05) is 11.2 Å². The molecule has 0 aliphatic rings. The summed E-state index contributed by atoms with van der Waals surface area (Å²) < 4.78 is 5.00. The molecular formula is C14H10N4O6. The molecule has 0 spiro atoms. The quantitative estimate of drug-likeness (QED) is 0.367. The number of aromatic hydroxyl groups is 2. The molecule has 122 valence electrons. The molecule has 1 aromatic carbocycles. The topological polar surface area (TPSA) is 155 Å². The number of nitrogens with zero attached hydrogens (tertiary/aromatic N) is 3. The van der Waals surface area contributed by atoms with E-state index in [-0.39, 0.29) is 29.3 Å². The highest BCUT2D eigenvalue weighted by Crippen LogP contribution is 2.38. The van der Waals surface area contributed by atoms with Gasteiger partial charge in [0.1, 0.15) is 0 Å². The van der Waals surface area contributed by atoms with Crippen molar-refractivity contribution in [3.63, 3.8) is 0 Å². The highest BCUT2D eigenvalue weighted by Gasteiger charge is 2.22. The highest BCUT2D eigenvalue weighted by atomic mass is 16.6. The minimum absolute atomic E-state index is 0.0673. The number of benzene rings is 1. The first kappa shape index (κ1) is 15.2. The Morgan fingerprint density at radius 2 is 2.12 bits per heavy atom. The molecule has 0 saturated carbocycles. The van der Waals surface area contributed by atoms with Crippen LogP contribution in [-0.4, -0.2) is 30.3 Å². The SMILES string of the molecule is O=c1[nH]cccc1Cc1noc(-c2cc(O)c(O)c([N+](=O)[O-])c2)n1. The Labute approximate surface area is 133 Å². The number of nitro groups is 1. The molecule has 0 bridgehead atoms. The van der Waals surface area contributed by atoms with Crippen LogP contribution in [-0.2, 0) is 6.42 Å². The first-order valence-corrected chi connectivity index (χ1v) is 6.65. The molecule has 0 radical (unpaired) electrons. The second-order valence-corrected chi connectivity index (χ2v) is 4.84. The van der Waals surface area contributed by atoms with Crippen LogP contribution in [0.4, 0.5) is 5.69 Å². The first-order chi connectivity index (χ1) is 11.5. The van der Waals surface area contributed by atoms with Gasteiger partial charge in [0.25, 0.3) is 11.4 Å². The van der Waals surface area contributed by atoms with Crippen molar-refractivity contribution in [3.05, 3.63) is 62.3 Å². The van der Waals surface area contributed by atoms with Crippen LogP contribution in [0.5, 0.6) is 11.5 Å². The van der Waals surface area contributed by atoms with Crippen LogP contribution in [0.25, 0.3) is 11.5 Å². The molecule has 0 saturated heterocycles.